The largest absolute Gasteiger partial charge is 0.363 e. The van der Waals surface area contributed by atoms with Gasteiger partial charge in [-0.15, -0.1) is 5.10 Å². The molecule has 1 unspecified atom stereocenters. The van der Waals surface area contributed by atoms with E-state index in [2.05, 4.69) is 10.1 Å². The van der Waals surface area contributed by atoms with Crippen molar-refractivity contribution in [3.05, 3.63) is 47.5 Å². The van der Waals surface area contributed by atoms with Crippen LogP contribution in [0, 0.1) is 6.92 Å². The number of amides is 2. The van der Waals surface area contributed by atoms with Crippen LogP contribution < -0.4 is 5.73 Å². The van der Waals surface area contributed by atoms with E-state index in [1.54, 1.807) is 4.68 Å². The molecule has 1 saturated heterocycles. The molecule has 1 atom stereocenters. The van der Waals surface area contributed by atoms with Crippen molar-refractivity contribution < 1.29 is 9.59 Å². The van der Waals surface area contributed by atoms with Crippen molar-refractivity contribution in [2.24, 2.45) is 5.73 Å². The molecule has 0 bridgehead atoms. The number of hydrogen-bond acceptors (Lipinski definition) is 4. The van der Waals surface area contributed by atoms with Gasteiger partial charge in [-0.3, -0.25) is 9.59 Å². The molecule has 2 N–H and O–H groups in total. The Bertz CT molecular complexity index is 755. The van der Waals surface area contributed by atoms with E-state index in [-0.39, 0.29) is 17.8 Å². The molecule has 7 heteroatoms. The molecule has 1 aromatic heterocycles. The number of likely N-dealkylation sites (tertiary alicyclic amines) is 1. The number of hydrogen-bond donors (Lipinski definition) is 1. The second kappa shape index (κ2) is 6.82. The molecule has 1 aliphatic rings. The Labute approximate surface area is 140 Å². The van der Waals surface area contributed by atoms with E-state index >= 15 is 0 Å². The third kappa shape index (κ3) is 3.61. The van der Waals surface area contributed by atoms with Gasteiger partial charge in [0.2, 0.25) is 11.7 Å². The molecule has 1 aliphatic heterocycles. The highest BCUT2D eigenvalue weighted by atomic mass is 16.2. The number of carbonyl (C=O) groups is 2. The molecule has 126 valence electrons. The number of piperidine rings is 1. The molecule has 1 fully saturated rings. The van der Waals surface area contributed by atoms with Crippen molar-refractivity contribution in [1.82, 2.24) is 19.7 Å². The molecular formula is C17H21N5O2. The third-order valence-corrected chi connectivity index (χ3v) is 4.29. The standard InChI is InChI=1S/C17H21N5O2/c1-12-4-2-5-13(8-12)9-15(23)21-7-3-6-14(10-21)22-11-19-17(20-22)16(18)24/h2,4-5,8,11,14H,3,6-7,9-10H2,1H3,(H2,18,24). The topological polar surface area (TPSA) is 94.1 Å². The normalized spacial score (nSPS) is 17.7. The summed E-state index contributed by atoms with van der Waals surface area (Å²) in [6.07, 6.45) is 3.71. The summed E-state index contributed by atoms with van der Waals surface area (Å²) >= 11 is 0. The Morgan fingerprint density at radius 2 is 2.21 bits per heavy atom. The lowest BCUT2D eigenvalue weighted by molar-refractivity contribution is -0.132. The fraction of sp³-hybridized carbons (Fsp3) is 0.412. The molecular weight excluding hydrogens is 306 g/mol. The first-order valence-corrected chi connectivity index (χ1v) is 8.07. The van der Waals surface area contributed by atoms with Crippen molar-refractivity contribution in [2.75, 3.05) is 13.1 Å². The van der Waals surface area contributed by atoms with Crippen LogP contribution in [-0.4, -0.2) is 44.6 Å². The molecule has 1 aromatic carbocycles. The quantitative estimate of drug-likeness (QED) is 0.909. The number of benzene rings is 1. The monoisotopic (exact) mass is 327 g/mol. The number of nitrogens with zero attached hydrogens (tertiary/aromatic N) is 4. The SMILES string of the molecule is Cc1cccc(CC(=O)N2CCCC(n3cnc(C(N)=O)n3)C2)c1. The molecule has 24 heavy (non-hydrogen) atoms. The van der Waals surface area contributed by atoms with Gasteiger partial charge in [0.05, 0.1) is 12.5 Å². The third-order valence-electron chi connectivity index (χ3n) is 4.29. The van der Waals surface area contributed by atoms with E-state index in [4.69, 9.17) is 5.73 Å². The summed E-state index contributed by atoms with van der Waals surface area (Å²) in [5.41, 5.74) is 7.37. The van der Waals surface area contributed by atoms with E-state index in [0.29, 0.717) is 13.0 Å². The minimum atomic E-state index is -0.642. The molecule has 2 heterocycles. The predicted octanol–water partition coefficient (Wildman–Crippen LogP) is 1.09. The zero-order chi connectivity index (χ0) is 17.1. The average Bonchev–Trinajstić information content (AvgIpc) is 3.05. The van der Waals surface area contributed by atoms with Crippen LogP contribution in [0.15, 0.2) is 30.6 Å². The van der Waals surface area contributed by atoms with Crippen LogP contribution in [-0.2, 0) is 11.2 Å². The lowest BCUT2D eigenvalue weighted by Crippen LogP contribution is -2.41. The molecule has 2 amide bonds. The molecule has 0 aliphatic carbocycles. The predicted molar refractivity (Wildman–Crippen MR) is 88.3 cm³/mol. The number of primary amides is 1. The smallest absolute Gasteiger partial charge is 0.288 e. The second-order valence-corrected chi connectivity index (χ2v) is 6.21. The van der Waals surface area contributed by atoms with Crippen LogP contribution in [0.25, 0.3) is 0 Å². The van der Waals surface area contributed by atoms with Crippen molar-refractivity contribution in [1.29, 1.82) is 0 Å². The van der Waals surface area contributed by atoms with Gasteiger partial charge in [0.25, 0.3) is 5.91 Å². The van der Waals surface area contributed by atoms with Crippen LogP contribution >= 0.6 is 0 Å². The molecule has 3 rings (SSSR count). The first kappa shape index (κ1) is 16.2. The summed E-state index contributed by atoms with van der Waals surface area (Å²) in [5.74, 6) is -0.518. The van der Waals surface area contributed by atoms with Crippen LogP contribution in [0.5, 0.6) is 0 Å². The van der Waals surface area contributed by atoms with Gasteiger partial charge in [-0.25, -0.2) is 9.67 Å². The first-order chi connectivity index (χ1) is 11.5. The summed E-state index contributed by atoms with van der Waals surface area (Å²) < 4.78 is 1.65. The Morgan fingerprint density at radius 3 is 2.92 bits per heavy atom. The van der Waals surface area contributed by atoms with Gasteiger partial charge >= 0.3 is 0 Å². The van der Waals surface area contributed by atoms with Gasteiger partial charge in [-0.2, -0.15) is 0 Å². The Kier molecular flexibility index (Phi) is 4.59. The lowest BCUT2D eigenvalue weighted by Gasteiger charge is -2.32. The maximum Gasteiger partial charge on any atom is 0.288 e. The summed E-state index contributed by atoms with van der Waals surface area (Å²) in [6, 6.07) is 8.03. The fourth-order valence-corrected chi connectivity index (χ4v) is 3.07. The van der Waals surface area contributed by atoms with E-state index in [9.17, 15) is 9.59 Å². The Hall–Kier alpha value is -2.70. The van der Waals surface area contributed by atoms with Gasteiger partial charge in [0.15, 0.2) is 0 Å². The Morgan fingerprint density at radius 1 is 1.38 bits per heavy atom. The van der Waals surface area contributed by atoms with Crippen molar-refractivity contribution in [3.63, 3.8) is 0 Å². The molecule has 0 radical (unpaired) electrons. The molecule has 0 spiro atoms. The zero-order valence-corrected chi connectivity index (χ0v) is 13.7. The summed E-state index contributed by atoms with van der Waals surface area (Å²) in [7, 11) is 0. The highest BCUT2D eigenvalue weighted by Gasteiger charge is 2.26. The van der Waals surface area contributed by atoms with Crippen LogP contribution in [0.3, 0.4) is 0 Å². The number of carbonyl (C=O) groups excluding carboxylic acids is 2. The summed E-state index contributed by atoms with van der Waals surface area (Å²) in [5, 5.41) is 4.12. The van der Waals surface area contributed by atoms with Gasteiger partial charge in [0.1, 0.15) is 6.33 Å². The maximum atomic E-state index is 12.6. The van der Waals surface area contributed by atoms with E-state index < -0.39 is 5.91 Å². The molecule has 2 aromatic rings. The second-order valence-electron chi connectivity index (χ2n) is 6.21. The molecule has 0 saturated carbocycles. The highest BCUT2D eigenvalue weighted by molar-refractivity contribution is 5.88. The van der Waals surface area contributed by atoms with Crippen LogP contribution in [0.1, 0.15) is 40.6 Å². The van der Waals surface area contributed by atoms with Gasteiger partial charge < -0.3 is 10.6 Å². The van der Waals surface area contributed by atoms with Crippen molar-refractivity contribution >= 4 is 11.8 Å². The highest BCUT2D eigenvalue weighted by Crippen LogP contribution is 2.21. The number of rotatable bonds is 4. The minimum Gasteiger partial charge on any atom is -0.363 e. The minimum absolute atomic E-state index is 0.0122. The Balaban J connectivity index is 1.66. The first-order valence-electron chi connectivity index (χ1n) is 8.07. The van der Waals surface area contributed by atoms with E-state index in [0.717, 1.165) is 30.5 Å². The maximum absolute atomic E-state index is 12.6. The van der Waals surface area contributed by atoms with Crippen molar-refractivity contribution in [2.45, 2.75) is 32.2 Å². The van der Waals surface area contributed by atoms with Crippen molar-refractivity contribution in [3.8, 4) is 0 Å². The molecule has 7 nitrogen and oxygen atoms in total. The van der Waals surface area contributed by atoms with Gasteiger partial charge in [-0.05, 0) is 25.3 Å². The average molecular weight is 327 g/mol. The fourth-order valence-electron chi connectivity index (χ4n) is 3.07. The number of aryl methyl sites for hydroxylation is 1. The van der Waals surface area contributed by atoms with Crippen LogP contribution in [0.2, 0.25) is 0 Å². The zero-order valence-electron chi connectivity index (χ0n) is 13.7. The van der Waals surface area contributed by atoms with E-state index in [1.807, 2.05) is 36.1 Å². The van der Waals surface area contributed by atoms with Crippen LogP contribution in [0.4, 0.5) is 0 Å². The van der Waals surface area contributed by atoms with Gasteiger partial charge in [-0.1, -0.05) is 29.8 Å². The van der Waals surface area contributed by atoms with Gasteiger partial charge in [0, 0.05) is 13.1 Å². The summed E-state index contributed by atoms with van der Waals surface area (Å²) in [4.78, 5) is 29.5. The lowest BCUT2D eigenvalue weighted by atomic mass is 10.0. The number of nitrogens with two attached hydrogens (primary N) is 1. The van der Waals surface area contributed by atoms with E-state index in [1.165, 1.54) is 6.33 Å². The number of aromatic nitrogens is 3. The summed E-state index contributed by atoms with van der Waals surface area (Å²) in [6.45, 7) is 3.34.